The van der Waals surface area contributed by atoms with Crippen molar-refractivity contribution in [3.8, 4) is 0 Å². The van der Waals surface area contributed by atoms with Crippen LogP contribution in [0.3, 0.4) is 0 Å². The Kier molecular flexibility index (Phi) is 18.5. The molecule has 0 aromatic rings. The molecule has 0 spiro atoms. The molecule has 0 aliphatic rings. The maximum atomic E-state index is 11.2. The van der Waals surface area contributed by atoms with Crippen LogP contribution in [0.4, 0.5) is 0 Å². The molecule has 0 fully saturated rings. The summed E-state index contributed by atoms with van der Waals surface area (Å²) < 4.78 is 33.6. The van der Waals surface area contributed by atoms with Gasteiger partial charge in [-0.25, -0.2) is 8.42 Å². The number of unbranched alkanes of at least 4 members (excludes halogenated alkanes) is 9. The first kappa shape index (κ1) is 26.1. The van der Waals surface area contributed by atoms with Crippen molar-refractivity contribution >= 4 is 10.1 Å². The van der Waals surface area contributed by atoms with Gasteiger partial charge in [0.25, 0.3) is 0 Å². The van der Waals surface area contributed by atoms with Gasteiger partial charge < -0.3 is 9.66 Å². The van der Waals surface area contributed by atoms with Gasteiger partial charge >= 0.3 is 29.6 Å². The Morgan fingerprint density at radius 1 is 0.826 bits per heavy atom. The van der Waals surface area contributed by atoms with E-state index < -0.39 is 21.5 Å². The SMILES string of the molecule is CCCCCCCCCCCCC(CCC(C)O)S(=O)(=O)[O-].[Na+]. The van der Waals surface area contributed by atoms with Crippen molar-refractivity contribution in [1.82, 2.24) is 0 Å². The Balaban J connectivity index is 0. The van der Waals surface area contributed by atoms with Crippen molar-refractivity contribution in [1.29, 1.82) is 0 Å². The molecule has 0 radical (unpaired) electrons. The Bertz CT molecular complexity index is 345. The van der Waals surface area contributed by atoms with Gasteiger partial charge in [0.2, 0.25) is 0 Å². The van der Waals surface area contributed by atoms with E-state index in [0.29, 0.717) is 12.8 Å². The summed E-state index contributed by atoms with van der Waals surface area (Å²) in [6, 6.07) is 0. The average molecular weight is 359 g/mol. The van der Waals surface area contributed by atoms with Crippen LogP contribution >= 0.6 is 0 Å². The molecule has 4 nitrogen and oxygen atoms in total. The van der Waals surface area contributed by atoms with Gasteiger partial charge in [-0.1, -0.05) is 71.1 Å². The first-order valence-corrected chi connectivity index (χ1v) is 10.5. The van der Waals surface area contributed by atoms with E-state index in [2.05, 4.69) is 6.92 Å². The van der Waals surface area contributed by atoms with Gasteiger partial charge in [0, 0.05) is 5.25 Å². The van der Waals surface area contributed by atoms with Crippen molar-refractivity contribution in [2.24, 2.45) is 0 Å². The minimum absolute atomic E-state index is 0. The molecule has 0 aromatic carbocycles. The van der Waals surface area contributed by atoms with E-state index in [1.54, 1.807) is 6.92 Å². The van der Waals surface area contributed by atoms with Crippen LogP contribution in [0.25, 0.3) is 0 Å². The molecule has 0 bridgehead atoms. The standard InChI is InChI=1S/C17H36O4S.Na/c1-3-4-5-6-7-8-9-10-11-12-13-17(22(19,20)21)15-14-16(2)18;/h16-18H,3-15H2,1-2H3,(H,19,20,21);/q;+1/p-1. The molecule has 2 unspecified atom stereocenters. The van der Waals surface area contributed by atoms with Gasteiger partial charge in [-0.3, -0.25) is 0 Å². The molecular formula is C17H35NaO4S. The fraction of sp³-hybridized carbons (Fsp3) is 1.00. The molecule has 0 aromatic heterocycles. The third-order valence-corrected chi connectivity index (χ3v) is 5.48. The molecule has 23 heavy (non-hydrogen) atoms. The van der Waals surface area contributed by atoms with Gasteiger partial charge in [-0.05, 0) is 26.2 Å². The minimum atomic E-state index is -4.23. The summed E-state index contributed by atoms with van der Waals surface area (Å²) in [7, 11) is -4.23. The molecule has 0 aliphatic heterocycles. The molecule has 1 N–H and O–H groups in total. The van der Waals surface area contributed by atoms with Gasteiger partial charge in [0.05, 0.1) is 16.2 Å². The van der Waals surface area contributed by atoms with E-state index >= 15 is 0 Å². The summed E-state index contributed by atoms with van der Waals surface area (Å²) in [5, 5.41) is 8.39. The summed E-state index contributed by atoms with van der Waals surface area (Å²) in [4.78, 5) is 0. The molecule has 0 saturated heterocycles. The largest absolute Gasteiger partial charge is 1.00 e. The molecule has 0 heterocycles. The summed E-state index contributed by atoms with van der Waals surface area (Å²) >= 11 is 0. The average Bonchev–Trinajstić information content (AvgIpc) is 2.42. The summed E-state index contributed by atoms with van der Waals surface area (Å²) in [6.07, 6.45) is 12.5. The zero-order valence-corrected chi connectivity index (χ0v) is 18.2. The Hall–Kier alpha value is 0.870. The fourth-order valence-corrected chi connectivity index (χ4v) is 3.60. The van der Waals surface area contributed by atoms with Crippen LogP contribution < -0.4 is 29.6 Å². The second-order valence-corrected chi connectivity index (χ2v) is 8.16. The number of rotatable bonds is 15. The van der Waals surface area contributed by atoms with E-state index in [9.17, 15) is 18.1 Å². The maximum Gasteiger partial charge on any atom is 1.00 e. The minimum Gasteiger partial charge on any atom is -0.748 e. The zero-order valence-electron chi connectivity index (χ0n) is 15.4. The predicted octanol–water partition coefficient (Wildman–Crippen LogP) is 1.38. The van der Waals surface area contributed by atoms with Crippen molar-refractivity contribution in [2.75, 3.05) is 0 Å². The molecular weight excluding hydrogens is 323 g/mol. The summed E-state index contributed by atoms with van der Waals surface area (Å²) in [6.45, 7) is 3.84. The summed E-state index contributed by atoms with van der Waals surface area (Å²) in [5.41, 5.74) is 0. The number of aliphatic hydroxyl groups excluding tert-OH is 1. The molecule has 0 rings (SSSR count). The first-order valence-electron chi connectivity index (χ1n) is 9.00. The molecule has 134 valence electrons. The maximum absolute atomic E-state index is 11.2. The molecule has 2 atom stereocenters. The Morgan fingerprint density at radius 3 is 1.65 bits per heavy atom. The normalized spacial score (nSPS) is 14.3. The van der Waals surface area contributed by atoms with Crippen molar-refractivity contribution in [2.45, 2.75) is 109 Å². The van der Waals surface area contributed by atoms with Crippen molar-refractivity contribution < 1.29 is 47.6 Å². The second kappa shape index (κ2) is 16.3. The fourth-order valence-electron chi connectivity index (χ4n) is 2.72. The van der Waals surface area contributed by atoms with Crippen LogP contribution in [0.2, 0.25) is 0 Å². The van der Waals surface area contributed by atoms with Crippen LogP contribution in [0.15, 0.2) is 0 Å². The molecule has 0 saturated carbocycles. The second-order valence-electron chi connectivity index (χ2n) is 6.51. The predicted molar refractivity (Wildman–Crippen MR) is 90.9 cm³/mol. The van der Waals surface area contributed by atoms with Crippen LogP contribution in [0.5, 0.6) is 0 Å². The molecule has 0 amide bonds. The number of hydrogen-bond donors (Lipinski definition) is 1. The number of aliphatic hydroxyl groups is 1. The zero-order chi connectivity index (χ0) is 16.8. The van der Waals surface area contributed by atoms with Crippen molar-refractivity contribution in [3.05, 3.63) is 0 Å². The van der Waals surface area contributed by atoms with Crippen LogP contribution in [-0.4, -0.2) is 29.4 Å². The quantitative estimate of drug-likeness (QED) is 0.272. The third kappa shape index (κ3) is 17.5. The topological polar surface area (TPSA) is 77.4 Å². The van der Waals surface area contributed by atoms with Crippen LogP contribution in [0.1, 0.15) is 97.3 Å². The van der Waals surface area contributed by atoms with E-state index in [-0.39, 0.29) is 36.0 Å². The smallest absolute Gasteiger partial charge is 0.748 e. The Morgan fingerprint density at radius 2 is 1.26 bits per heavy atom. The number of hydrogen-bond acceptors (Lipinski definition) is 4. The van der Waals surface area contributed by atoms with Gasteiger partial charge in [-0.15, -0.1) is 0 Å². The van der Waals surface area contributed by atoms with E-state index in [0.717, 1.165) is 19.3 Å². The summed E-state index contributed by atoms with van der Waals surface area (Å²) in [5.74, 6) is 0. The van der Waals surface area contributed by atoms with Crippen LogP contribution in [-0.2, 0) is 10.1 Å². The van der Waals surface area contributed by atoms with Crippen LogP contribution in [0, 0.1) is 0 Å². The molecule has 0 aliphatic carbocycles. The van der Waals surface area contributed by atoms with Gasteiger partial charge in [0.15, 0.2) is 0 Å². The monoisotopic (exact) mass is 358 g/mol. The third-order valence-electron chi connectivity index (χ3n) is 4.19. The van der Waals surface area contributed by atoms with Crippen molar-refractivity contribution in [3.63, 3.8) is 0 Å². The van der Waals surface area contributed by atoms with E-state index in [1.807, 2.05) is 0 Å². The first-order chi connectivity index (χ1) is 10.4. The van der Waals surface area contributed by atoms with E-state index in [1.165, 1.54) is 44.9 Å². The van der Waals surface area contributed by atoms with E-state index in [4.69, 9.17) is 0 Å². The van der Waals surface area contributed by atoms with Gasteiger partial charge in [0.1, 0.15) is 0 Å². The van der Waals surface area contributed by atoms with Gasteiger partial charge in [-0.2, -0.15) is 0 Å². The molecule has 6 heteroatoms. The Labute approximate surface area is 165 Å².